The molecular weight excluding hydrogens is 349 g/mol. The molecule has 1 aromatic carbocycles. The summed E-state index contributed by atoms with van der Waals surface area (Å²) in [6, 6.07) is 5.11. The number of hydrogen-bond donors (Lipinski definition) is 2. The van der Waals surface area contributed by atoms with Gasteiger partial charge in [0.05, 0.1) is 7.11 Å². The van der Waals surface area contributed by atoms with Crippen LogP contribution in [0.3, 0.4) is 0 Å². The highest BCUT2D eigenvalue weighted by Gasteiger charge is 2.55. The second kappa shape index (κ2) is 5.36. The van der Waals surface area contributed by atoms with Gasteiger partial charge < -0.3 is 15.4 Å². The average Bonchev–Trinajstić information content (AvgIpc) is 3.15. The molecule has 0 saturated carbocycles. The van der Waals surface area contributed by atoms with Crippen LogP contribution in [0.4, 0.5) is 13.2 Å². The molecule has 1 aliphatic heterocycles. The quantitative estimate of drug-likeness (QED) is 0.841. The molecule has 3 aliphatic rings. The molecular formula is C18H15F3N2O3. The molecule has 26 heavy (non-hydrogen) atoms. The number of fused-ring (bicyclic) bond motifs is 4. The SMILES string of the molecule is COc1ccc2c(c1)CC1(NC(=O)C(F)(F)F)C(=O)C=C3NCCC3=C21. The zero-order chi connectivity index (χ0) is 18.7. The lowest BCUT2D eigenvalue weighted by Crippen LogP contribution is -2.58. The van der Waals surface area contributed by atoms with Crippen LogP contribution < -0.4 is 15.4 Å². The third-order valence-electron chi connectivity index (χ3n) is 5.06. The molecule has 4 rings (SSSR count). The van der Waals surface area contributed by atoms with Crippen molar-refractivity contribution in [2.75, 3.05) is 13.7 Å². The lowest BCUT2D eigenvalue weighted by Gasteiger charge is -2.34. The molecule has 2 aliphatic carbocycles. The van der Waals surface area contributed by atoms with Crippen molar-refractivity contribution in [2.45, 2.75) is 24.6 Å². The second-order valence-electron chi connectivity index (χ2n) is 6.51. The lowest BCUT2D eigenvalue weighted by atomic mass is 9.78. The first-order valence-corrected chi connectivity index (χ1v) is 8.07. The molecule has 0 bridgehead atoms. The van der Waals surface area contributed by atoms with E-state index in [4.69, 9.17) is 4.74 Å². The number of halogens is 3. The van der Waals surface area contributed by atoms with Gasteiger partial charge in [-0.3, -0.25) is 9.59 Å². The molecule has 1 aromatic rings. The van der Waals surface area contributed by atoms with Crippen LogP contribution in [0.2, 0.25) is 0 Å². The fourth-order valence-electron chi connectivity index (χ4n) is 3.97. The smallest absolute Gasteiger partial charge is 0.471 e. The summed E-state index contributed by atoms with van der Waals surface area (Å²) in [7, 11) is 1.48. The zero-order valence-electron chi connectivity index (χ0n) is 13.8. The highest BCUT2D eigenvalue weighted by molar-refractivity contribution is 6.16. The summed E-state index contributed by atoms with van der Waals surface area (Å²) in [5, 5.41) is 5.08. The minimum atomic E-state index is -5.07. The van der Waals surface area contributed by atoms with Crippen molar-refractivity contribution in [3.8, 4) is 5.75 Å². The van der Waals surface area contributed by atoms with E-state index >= 15 is 0 Å². The number of rotatable bonds is 2. The van der Waals surface area contributed by atoms with E-state index in [1.807, 2.05) is 5.32 Å². The maximum absolute atomic E-state index is 12.9. The number of ketones is 1. The average molecular weight is 364 g/mol. The molecule has 1 amide bonds. The fourth-order valence-corrected chi connectivity index (χ4v) is 3.97. The standard InChI is InChI=1S/C18H15F3N2O3/c1-26-10-2-3-11-9(6-10)8-17(23-16(25)18(19,20)21)14(24)7-13-12(15(11)17)4-5-22-13/h2-3,6-7,22H,4-5,8H2,1H3,(H,23,25). The predicted molar refractivity (Wildman–Crippen MR) is 86.3 cm³/mol. The van der Waals surface area contributed by atoms with Gasteiger partial charge in [-0.2, -0.15) is 13.2 Å². The first-order valence-electron chi connectivity index (χ1n) is 8.07. The van der Waals surface area contributed by atoms with Crippen LogP contribution in [-0.2, 0) is 16.0 Å². The van der Waals surface area contributed by atoms with Crippen molar-refractivity contribution >= 4 is 17.3 Å². The van der Waals surface area contributed by atoms with Gasteiger partial charge in [-0.1, -0.05) is 6.07 Å². The van der Waals surface area contributed by atoms with Gasteiger partial charge in [-0.15, -0.1) is 0 Å². The summed E-state index contributed by atoms with van der Waals surface area (Å²) < 4.78 is 43.9. The van der Waals surface area contributed by atoms with Crippen molar-refractivity contribution in [3.63, 3.8) is 0 Å². The Hall–Kier alpha value is -2.77. The number of carbonyl (C=O) groups excluding carboxylic acids is 2. The molecule has 1 atom stereocenters. The number of ether oxygens (including phenoxy) is 1. The van der Waals surface area contributed by atoms with Gasteiger partial charge in [0.2, 0.25) is 0 Å². The third kappa shape index (κ3) is 2.24. The summed E-state index contributed by atoms with van der Waals surface area (Å²) in [4.78, 5) is 24.6. The highest BCUT2D eigenvalue weighted by atomic mass is 19.4. The van der Waals surface area contributed by atoms with Crippen LogP contribution in [0.1, 0.15) is 17.5 Å². The number of amides is 1. The third-order valence-corrected chi connectivity index (χ3v) is 5.06. The molecule has 0 radical (unpaired) electrons. The molecule has 1 heterocycles. The number of allylic oxidation sites excluding steroid dienone is 1. The van der Waals surface area contributed by atoms with Gasteiger partial charge in [0.25, 0.3) is 0 Å². The number of benzene rings is 1. The topological polar surface area (TPSA) is 67.4 Å². The summed E-state index contributed by atoms with van der Waals surface area (Å²) >= 11 is 0. The van der Waals surface area contributed by atoms with Gasteiger partial charge in [0, 0.05) is 24.7 Å². The van der Waals surface area contributed by atoms with Crippen LogP contribution in [0.25, 0.3) is 5.57 Å². The molecule has 1 fully saturated rings. The fraction of sp³-hybridized carbons (Fsp3) is 0.333. The van der Waals surface area contributed by atoms with E-state index in [9.17, 15) is 22.8 Å². The Morgan fingerprint density at radius 1 is 1.35 bits per heavy atom. The Labute approximate surface area is 146 Å². The predicted octanol–water partition coefficient (Wildman–Crippen LogP) is 1.88. The molecule has 136 valence electrons. The molecule has 2 N–H and O–H groups in total. The van der Waals surface area contributed by atoms with E-state index < -0.39 is 23.4 Å². The van der Waals surface area contributed by atoms with Crippen molar-refractivity contribution in [2.24, 2.45) is 0 Å². The summed E-state index contributed by atoms with van der Waals surface area (Å²) in [5.74, 6) is -2.14. The van der Waals surface area contributed by atoms with E-state index in [1.165, 1.54) is 13.2 Å². The number of methoxy groups -OCH3 is 1. The maximum atomic E-state index is 12.9. The summed E-state index contributed by atoms with van der Waals surface area (Å²) in [6.07, 6.45) is -3.24. The molecule has 8 heteroatoms. The Bertz CT molecular complexity index is 901. The van der Waals surface area contributed by atoms with Crippen molar-refractivity contribution in [1.82, 2.24) is 10.6 Å². The zero-order valence-corrected chi connectivity index (χ0v) is 13.8. The normalized spacial score (nSPS) is 23.7. The van der Waals surface area contributed by atoms with E-state index in [1.54, 1.807) is 18.2 Å². The van der Waals surface area contributed by atoms with Crippen molar-refractivity contribution in [3.05, 3.63) is 46.7 Å². The largest absolute Gasteiger partial charge is 0.497 e. The van der Waals surface area contributed by atoms with Crippen LogP contribution >= 0.6 is 0 Å². The number of alkyl halides is 3. The summed E-state index contributed by atoms with van der Waals surface area (Å²) in [5.41, 5.74) is 1.46. The summed E-state index contributed by atoms with van der Waals surface area (Å²) in [6.45, 7) is 0.590. The van der Waals surface area contributed by atoms with Crippen LogP contribution in [0.15, 0.2) is 35.5 Å². The second-order valence-corrected chi connectivity index (χ2v) is 6.51. The maximum Gasteiger partial charge on any atom is 0.471 e. The van der Waals surface area contributed by atoms with Gasteiger partial charge in [-0.25, -0.2) is 0 Å². The van der Waals surface area contributed by atoms with Crippen molar-refractivity contribution in [1.29, 1.82) is 0 Å². The van der Waals surface area contributed by atoms with Gasteiger partial charge in [0.15, 0.2) is 5.78 Å². The molecule has 0 aromatic heterocycles. The molecule has 1 unspecified atom stereocenters. The molecule has 0 spiro atoms. The van der Waals surface area contributed by atoms with Gasteiger partial charge in [0.1, 0.15) is 11.3 Å². The van der Waals surface area contributed by atoms with Gasteiger partial charge >= 0.3 is 12.1 Å². The monoisotopic (exact) mass is 364 g/mol. The minimum absolute atomic E-state index is 0.0389. The van der Waals surface area contributed by atoms with Crippen LogP contribution in [0.5, 0.6) is 5.75 Å². The number of hydrogen-bond acceptors (Lipinski definition) is 4. The van der Waals surface area contributed by atoms with E-state index in [0.29, 0.717) is 41.1 Å². The minimum Gasteiger partial charge on any atom is -0.497 e. The number of carbonyl (C=O) groups is 2. The molecule has 5 nitrogen and oxygen atoms in total. The first-order chi connectivity index (χ1) is 12.3. The van der Waals surface area contributed by atoms with Crippen molar-refractivity contribution < 1.29 is 27.5 Å². The van der Waals surface area contributed by atoms with Crippen LogP contribution in [0, 0.1) is 0 Å². The first kappa shape index (κ1) is 16.7. The number of nitrogens with one attached hydrogen (secondary N) is 2. The van der Waals surface area contributed by atoms with E-state index in [-0.39, 0.29) is 6.42 Å². The Kier molecular flexibility index (Phi) is 3.44. The van der Waals surface area contributed by atoms with E-state index in [0.717, 1.165) is 5.57 Å². The van der Waals surface area contributed by atoms with Crippen LogP contribution in [-0.4, -0.2) is 37.1 Å². The lowest BCUT2D eigenvalue weighted by molar-refractivity contribution is -0.175. The molecule has 1 saturated heterocycles. The van der Waals surface area contributed by atoms with E-state index in [2.05, 4.69) is 5.32 Å². The van der Waals surface area contributed by atoms with Gasteiger partial charge in [-0.05, 0) is 40.8 Å². The Morgan fingerprint density at radius 3 is 2.81 bits per heavy atom. The highest BCUT2D eigenvalue weighted by Crippen LogP contribution is 2.49. The Balaban J connectivity index is 1.91. The Morgan fingerprint density at radius 2 is 2.12 bits per heavy atom.